The lowest BCUT2D eigenvalue weighted by atomic mass is 9.99. The van der Waals surface area contributed by atoms with E-state index in [2.05, 4.69) is 15.3 Å². The molecule has 1 aliphatic rings. The zero-order valence-corrected chi connectivity index (χ0v) is 12.5. The van der Waals surface area contributed by atoms with Crippen LogP contribution in [0.25, 0.3) is 0 Å². The van der Waals surface area contributed by atoms with Gasteiger partial charge in [0.15, 0.2) is 5.69 Å². The van der Waals surface area contributed by atoms with E-state index in [1.165, 1.54) is 22.9 Å². The highest BCUT2D eigenvalue weighted by molar-refractivity contribution is 5.92. The van der Waals surface area contributed by atoms with Crippen molar-refractivity contribution in [3.8, 4) is 0 Å². The van der Waals surface area contributed by atoms with Crippen LogP contribution in [-0.4, -0.2) is 32.2 Å². The molecule has 0 saturated carbocycles. The van der Waals surface area contributed by atoms with Gasteiger partial charge in [-0.3, -0.25) is 0 Å². The van der Waals surface area contributed by atoms with Crippen LogP contribution in [0.3, 0.4) is 0 Å². The van der Waals surface area contributed by atoms with Gasteiger partial charge in [-0.1, -0.05) is 0 Å². The van der Waals surface area contributed by atoms with Crippen molar-refractivity contribution in [2.24, 2.45) is 5.92 Å². The molecule has 0 amide bonds. The van der Waals surface area contributed by atoms with E-state index in [9.17, 15) is 18.0 Å². The quantitative estimate of drug-likeness (QED) is 0.894. The summed E-state index contributed by atoms with van der Waals surface area (Å²) in [6.45, 7) is 0.830. The number of imidazole rings is 1. The minimum absolute atomic E-state index is 0.0657. The van der Waals surface area contributed by atoms with E-state index in [-0.39, 0.29) is 17.3 Å². The number of halogens is 3. The summed E-state index contributed by atoms with van der Waals surface area (Å²) >= 11 is 0. The monoisotopic (exact) mass is 340 g/mol. The molecule has 3 heterocycles. The molecule has 0 spiro atoms. The van der Waals surface area contributed by atoms with E-state index in [0.29, 0.717) is 31.8 Å². The Labute approximate surface area is 135 Å². The van der Waals surface area contributed by atoms with Gasteiger partial charge in [-0.15, -0.1) is 0 Å². The minimum Gasteiger partial charge on any atom is -0.478 e. The Balaban J connectivity index is 1.67. The van der Waals surface area contributed by atoms with E-state index in [4.69, 9.17) is 5.11 Å². The van der Waals surface area contributed by atoms with Crippen molar-refractivity contribution in [1.29, 1.82) is 0 Å². The van der Waals surface area contributed by atoms with Gasteiger partial charge in [0.2, 0.25) is 0 Å². The maximum Gasteiger partial charge on any atom is 0.434 e. The van der Waals surface area contributed by atoms with Gasteiger partial charge in [-0.25, -0.2) is 14.8 Å². The Morgan fingerprint density at radius 2 is 2.25 bits per heavy atom. The molecule has 0 fully saturated rings. The summed E-state index contributed by atoms with van der Waals surface area (Å²) in [5.41, 5.74) is -0.806. The normalized spacial score (nSPS) is 17.4. The molecule has 2 N–H and O–H groups in total. The van der Waals surface area contributed by atoms with E-state index in [1.54, 1.807) is 0 Å². The molecule has 6 nitrogen and oxygen atoms in total. The molecular weight excluding hydrogens is 325 g/mol. The van der Waals surface area contributed by atoms with Crippen LogP contribution >= 0.6 is 0 Å². The van der Waals surface area contributed by atoms with Crippen LogP contribution < -0.4 is 5.32 Å². The topological polar surface area (TPSA) is 80.0 Å². The first-order valence-electron chi connectivity index (χ1n) is 7.40. The van der Waals surface area contributed by atoms with Crippen LogP contribution in [0.2, 0.25) is 0 Å². The molecule has 2 aromatic rings. The Kier molecular flexibility index (Phi) is 4.16. The van der Waals surface area contributed by atoms with Gasteiger partial charge in [0, 0.05) is 31.9 Å². The molecule has 1 unspecified atom stereocenters. The van der Waals surface area contributed by atoms with Crippen LogP contribution in [0, 0.1) is 5.92 Å². The van der Waals surface area contributed by atoms with Gasteiger partial charge in [0.1, 0.15) is 17.2 Å². The van der Waals surface area contributed by atoms with Crippen molar-refractivity contribution in [2.45, 2.75) is 25.6 Å². The molecular formula is C15H15F3N4O2. The number of aryl methyl sites for hydroxylation is 1. The summed E-state index contributed by atoms with van der Waals surface area (Å²) in [7, 11) is 0. The number of alkyl halides is 3. The number of fused-ring (bicyclic) bond motifs is 1. The molecule has 1 atom stereocenters. The van der Waals surface area contributed by atoms with Crippen molar-refractivity contribution in [2.75, 3.05) is 11.9 Å². The lowest BCUT2D eigenvalue weighted by molar-refractivity contribution is -0.141. The maximum atomic E-state index is 12.7. The lowest BCUT2D eigenvalue weighted by Gasteiger charge is -2.24. The first-order chi connectivity index (χ1) is 11.3. The van der Waals surface area contributed by atoms with Crippen molar-refractivity contribution in [3.63, 3.8) is 0 Å². The highest BCUT2D eigenvalue weighted by atomic mass is 19.4. The number of rotatable bonds is 4. The van der Waals surface area contributed by atoms with E-state index in [1.807, 2.05) is 0 Å². The molecule has 1 aliphatic heterocycles. The fraction of sp³-hybridized carbons (Fsp3) is 0.400. The SMILES string of the molecule is O=C(O)c1cccnc1NCC1CCc2nc(C(F)(F)F)cn2C1. The summed E-state index contributed by atoms with van der Waals surface area (Å²) in [5.74, 6) is -0.322. The molecule has 9 heteroatoms. The number of carbonyl (C=O) groups is 1. The van der Waals surface area contributed by atoms with Gasteiger partial charge < -0.3 is 15.0 Å². The Morgan fingerprint density at radius 3 is 2.96 bits per heavy atom. The van der Waals surface area contributed by atoms with Crippen LogP contribution in [0.4, 0.5) is 19.0 Å². The van der Waals surface area contributed by atoms with Gasteiger partial charge in [-0.2, -0.15) is 13.2 Å². The molecule has 128 valence electrons. The highest BCUT2D eigenvalue weighted by Gasteiger charge is 2.35. The first kappa shape index (κ1) is 16.3. The van der Waals surface area contributed by atoms with Crippen molar-refractivity contribution in [1.82, 2.24) is 14.5 Å². The Hall–Kier alpha value is -2.58. The third kappa shape index (κ3) is 3.34. The van der Waals surface area contributed by atoms with Crippen molar-refractivity contribution in [3.05, 3.63) is 41.6 Å². The van der Waals surface area contributed by atoms with Crippen molar-refractivity contribution < 1.29 is 23.1 Å². The summed E-state index contributed by atoms with van der Waals surface area (Å²) in [4.78, 5) is 18.8. The number of carboxylic acids is 1. The molecule has 0 aromatic carbocycles. The van der Waals surface area contributed by atoms with Gasteiger partial charge in [0.25, 0.3) is 0 Å². The van der Waals surface area contributed by atoms with Gasteiger partial charge in [0.05, 0.1) is 0 Å². The maximum absolute atomic E-state index is 12.7. The minimum atomic E-state index is -4.44. The number of hydrogen-bond donors (Lipinski definition) is 2. The number of pyridine rings is 1. The smallest absolute Gasteiger partial charge is 0.434 e. The second-order valence-electron chi connectivity index (χ2n) is 5.68. The van der Waals surface area contributed by atoms with Gasteiger partial charge >= 0.3 is 12.1 Å². The molecule has 0 radical (unpaired) electrons. The molecule has 24 heavy (non-hydrogen) atoms. The predicted octanol–water partition coefficient (Wildman–Crippen LogP) is 2.67. The summed E-state index contributed by atoms with van der Waals surface area (Å²) in [5, 5.41) is 12.1. The van der Waals surface area contributed by atoms with Crippen LogP contribution in [0.15, 0.2) is 24.5 Å². The van der Waals surface area contributed by atoms with Crippen LogP contribution in [0.5, 0.6) is 0 Å². The zero-order chi connectivity index (χ0) is 17.3. The van der Waals surface area contributed by atoms with Crippen LogP contribution in [-0.2, 0) is 19.1 Å². The fourth-order valence-electron chi connectivity index (χ4n) is 2.78. The van der Waals surface area contributed by atoms with E-state index >= 15 is 0 Å². The molecule has 0 bridgehead atoms. The average molecular weight is 340 g/mol. The van der Waals surface area contributed by atoms with E-state index < -0.39 is 17.8 Å². The summed E-state index contributed by atoms with van der Waals surface area (Å²) in [6, 6.07) is 2.98. The third-order valence-corrected chi connectivity index (χ3v) is 3.98. The second kappa shape index (κ2) is 6.14. The number of aromatic carboxylic acids is 1. The summed E-state index contributed by atoms with van der Waals surface area (Å²) < 4.78 is 39.6. The third-order valence-electron chi connectivity index (χ3n) is 3.98. The number of anilines is 1. The molecule has 0 aliphatic carbocycles. The number of aromatic nitrogens is 3. The Morgan fingerprint density at radius 1 is 1.46 bits per heavy atom. The molecule has 3 rings (SSSR count). The Bertz CT molecular complexity index is 757. The zero-order valence-electron chi connectivity index (χ0n) is 12.5. The number of nitrogens with zero attached hydrogens (tertiary/aromatic N) is 3. The largest absolute Gasteiger partial charge is 0.478 e. The molecule has 2 aromatic heterocycles. The summed E-state index contributed by atoms with van der Waals surface area (Å²) in [6.07, 6.45) is -0.792. The standard InChI is InChI=1S/C15H15F3N4O2/c16-15(17,18)11-8-22-7-9(3-4-12(22)21-11)6-20-13-10(14(23)24)2-1-5-19-13/h1-2,5,8-9H,3-4,6-7H2,(H,19,20)(H,23,24). The first-order valence-corrected chi connectivity index (χ1v) is 7.40. The van der Waals surface area contributed by atoms with Crippen molar-refractivity contribution >= 4 is 11.8 Å². The number of hydrogen-bond acceptors (Lipinski definition) is 4. The van der Waals surface area contributed by atoms with Crippen LogP contribution in [0.1, 0.15) is 28.3 Å². The predicted molar refractivity (Wildman–Crippen MR) is 78.7 cm³/mol. The van der Waals surface area contributed by atoms with E-state index in [0.717, 1.165) is 6.20 Å². The van der Waals surface area contributed by atoms with Gasteiger partial charge in [-0.05, 0) is 24.5 Å². The lowest BCUT2D eigenvalue weighted by Crippen LogP contribution is -2.26. The number of carboxylic acid groups (broad SMARTS) is 1. The average Bonchev–Trinajstić information content (AvgIpc) is 2.96. The molecule has 0 saturated heterocycles. The fourth-order valence-corrected chi connectivity index (χ4v) is 2.78. The highest BCUT2D eigenvalue weighted by Crippen LogP contribution is 2.30. The second-order valence-corrected chi connectivity index (χ2v) is 5.68. The number of nitrogens with one attached hydrogen (secondary N) is 1.